The first kappa shape index (κ1) is 21.9. The minimum Gasteiger partial charge on any atom is -0.540 e. The first-order chi connectivity index (χ1) is 14.9. The molecule has 2 radical (unpaired) electrons. The Morgan fingerprint density at radius 1 is 0.968 bits per heavy atom. The van der Waals surface area contributed by atoms with Crippen LogP contribution in [0.2, 0.25) is 5.04 Å². The molecule has 1 unspecified atom stereocenters. The fourth-order valence-corrected chi connectivity index (χ4v) is 5.92. The second-order valence-corrected chi connectivity index (χ2v) is 11.3. The minimum absolute atomic E-state index is 0.0712. The van der Waals surface area contributed by atoms with E-state index < -0.39 is 0 Å². The molecule has 160 valence electrons. The predicted molar refractivity (Wildman–Crippen MR) is 129 cm³/mol. The summed E-state index contributed by atoms with van der Waals surface area (Å²) in [5.41, 5.74) is 5.12. The summed E-state index contributed by atoms with van der Waals surface area (Å²) in [7, 11) is 0.318. The standard InChI is InChI=1S/C28H32O2Si/c1-27(2,26(21-11-6-4-7-12-21)22-13-8-5-9-14-22)31-30-24-16-17-25-23(19-24)15-10-18-28(25,3)20-29/h4-9,11-14,16-17,19,26,29H,10,15,18,20H2,1-3H3. The second-order valence-electron chi connectivity index (χ2n) is 9.57. The Bertz CT molecular complexity index is 961. The van der Waals surface area contributed by atoms with Gasteiger partial charge in [-0.05, 0) is 53.6 Å². The smallest absolute Gasteiger partial charge is 0.318 e. The van der Waals surface area contributed by atoms with Gasteiger partial charge in [-0.15, -0.1) is 0 Å². The maximum Gasteiger partial charge on any atom is 0.318 e. The average Bonchev–Trinajstić information content (AvgIpc) is 2.79. The van der Waals surface area contributed by atoms with Crippen molar-refractivity contribution >= 4 is 9.76 Å². The Hall–Kier alpha value is -2.36. The van der Waals surface area contributed by atoms with Gasteiger partial charge in [0.2, 0.25) is 0 Å². The van der Waals surface area contributed by atoms with Crippen LogP contribution in [0.25, 0.3) is 0 Å². The van der Waals surface area contributed by atoms with Gasteiger partial charge in [0.05, 0.1) is 6.61 Å². The molecular formula is C28H32O2Si. The van der Waals surface area contributed by atoms with Crippen LogP contribution in [-0.4, -0.2) is 21.5 Å². The summed E-state index contributed by atoms with van der Waals surface area (Å²) in [5, 5.41) is 9.85. The SMILES string of the molecule is CC1(CO)CCCc2cc(O[Si]C(C)(C)C(c3ccccc3)c3ccccc3)ccc21. The molecule has 31 heavy (non-hydrogen) atoms. The number of hydrogen-bond donors (Lipinski definition) is 1. The molecule has 0 saturated carbocycles. The molecule has 0 spiro atoms. The van der Waals surface area contributed by atoms with Crippen LogP contribution in [0.15, 0.2) is 78.9 Å². The third kappa shape index (κ3) is 4.63. The molecular weight excluding hydrogens is 396 g/mol. The van der Waals surface area contributed by atoms with Gasteiger partial charge in [0.15, 0.2) is 0 Å². The molecule has 0 aromatic heterocycles. The highest BCUT2D eigenvalue weighted by molar-refractivity contribution is 6.33. The number of aryl methyl sites for hydroxylation is 1. The minimum atomic E-state index is -0.126. The van der Waals surface area contributed by atoms with Crippen molar-refractivity contribution in [2.24, 2.45) is 0 Å². The van der Waals surface area contributed by atoms with Gasteiger partial charge in [-0.1, -0.05) is 87.5 Å². The molecule has 1 aliphatic rings. The molecule has 3 aromatic carbocycles. The van der Waals surface area contributed by atoms with E-state index in [1.807, 2.05) is 0 Å². The first-order valence-electron chi connectivity index (χ1n) is 11.2. The third-order valence-corrected chi connectivity index (χ3v) is 7.82. The Morgan fingerprint density at radius 2 is 1.58 bits per heavy atom. The van der Waals surface area contributed by atoms with Crippen molar-refractivity contribution in [2.45, 2.75) is 56.4 Å². The highest BCUT2D eigenvalue weighted by Gasteiger charge is 2.36. The van der Waals surface area contributed by atoms with Gasteiger partial charge in [0.25, 0.3) is 0 Å². The van der Waals surface area contributed by atoms with Crippen molar-refractivity contribution in [1.82, 2.24) is 0 Å². The molecule has 0 heterocycles. The molecule has 4 rings (SSSR count). The van der Waals surface area contributed by atoms with Crippen molar-refractivity contribution in [1.29, 1.82) is 0 Å². The molecule has 0 aliphatic heterocycles. The van der Waals surface area contributed by atoms with Gasteiger partial charge in [0.1, 0.15) is 5.75 Å². The number of aliphatic hydroxyl groups is 1. The van der Waals surface area contributed by atoms with Crippen molar-refractivity contribution in [3.8, 4) is 5.75 Å². The van der Waals surface area contributed by atoms with Crippen LogP contribution in [0.3, 0.4) is 0 Å². The molecule has 2 nitrogen and oxygen atoms in total. The van der Waals surface area contributed by atoms with Crippen LogP contribution in [-0.2, 0) is 11.8 Å². The number of fused-ring (bicyclic) bond motifs is 1. The summed E-state index contributed by atoms with van der Waals surface area (Å²) in [4.78, 5) is 0. The van der Waals surface area contributed by atoms with Gasteiger partial charge in [-0.25, -0.2) is 0 Å². The van der Waals surface area contributed by atoms with E-state index in [4.69, 9.17) is 4.43 Å². The third-order valence-electron chi connectivity index (χ3n) is 6.67. The van der Waals surface area contributed by atoms with Gasteiger partial charge < -0.3 is 9.53 Å². The lowest BCUT2D eigenvalue weighted by atomic mass is 9.72. The predicted octanol–water partition coefficient (Wildman–Crippen LogP) is 6.30. The quantitative estimate of drug-likeness (QED) is 0.447. The van der Waals surface area contributed by atoms with E-state index >= 15 is 0 Å². The van der Waals surface area contributed by atoms with E-state index in [0.717, 1.165) is 25.0 Å². The van der Waals surface area contributed by atoms with Crippen LogP contribution in [0, 0.1) is 0 Å². The maximum atomic E-state index is 9.92. The van der Waals surface area contributed by atoms with E-state index in [2.05, 4.69) is 99.6 Å². The van der Waals surface area contributed by atoms with Gasteiger partial charge in [-0.3, -0.25) is 0 Å². The number of hydrogen-bond acceptors (Lipinski definition) is 2. The fraction of sp³-hybridized carbons (Fsp3) is 0.357. The Morgan fingerprint density at radius 3 is 2.16 bits per heavy atom. The Labute approximate surface area is 189 Å². The molecule has 3 heteroatoms. The average molecular weight is 429 g/mol. The summed E-state index contributed by atoms with van der Waals surface area (Å²) in [5.74, 6) is 1.19. The van der Waals surface area contributed by atoms with E-state index in [9.17, 15) is 5.11 Å². The Kier molecular flexibility index (Phi) is 6.36. The van der Waals surface area contributed by atoms with Crippen molar-refractivity contribution in [3.63, 3.8) is 0 Å². The van der Waals surface area contributed by atoms with E-state index in [0.29, 0.717) is 9.76 Å². The zero-order valence-electron chi connectivity index (χ0n) is 18.8. The molecule has 1 N–H and O–H groups in total. The maximum absolute atomic E-state index is 9.92. The van der Waals surface area contributed by atoms with Gasteiger partial charge >= 0.3 is 9.76 Å². The van der Waals surface area contributed by atoms with Crippen LogP contribution < -0.4 is 4.43 Å². The number of rotatable bonds is 7. The summed E-state index contributed by atoms with van der Waals surface area (Å²) in [6.45, 7) is 6.97. The highest BCUT2D eigenvalue weighted by atomic mass is 28.2. The number of aliphatic hydroxyl groups excluding tert-OH is 1. The monoisotopic (exact) mass is 428 g/mol. The Balaban J connectivity index is 1.58. The van der Waals surface area contributed by atoms with Crippen LogP contribution in [0.1, 0.15) is 61.8 Å². The van der Waals surface area contributed by atoms with E-state index in [1.165, 1.54) is 22.3 Å². The lowest BCUT2D eigenvalue weighted by Crippen LogP contribution is -2.31. The zero-order valence-corrected chi connectivity index (χ0v) is 19.8. The lowest BCUT2D eigenvalue weighted by molar-refractivity contribution is 0.188. The molecule has 1 atom stereocenters. The second kappa shape index (κ2) is 9.02. The summed E-state index contributed by atoms with van der Waals surface area (Å²) < 4.78 is 6.43. The normalized spacial score (nSPS) is 18.6. The zero-order chi connectivity index (χ0) is 21.9. The summed E-state index contributed by atoms with van der Waals surface area (Å²) in [6.07, 6.45) is 3.22. The molecule has 1 aliphatic carbocycles. The molecule has 0 fully saturated rings. The topological polar surface area (TPSA) is 29.5 Å². The summed E-state index contributed by atoms with van der Waals surface area (Å²) >= 11 is 0. The van der Waals surface area contributed by atoms with E-state index in [-0.39, 0.29) is 23.0 Å². The molecule has 0 amide bonds. The van der Waals surface area contributed by atoms with Crippen LogP contribution in [0.5, 0.6) is 5.75 Å². The van der Waals surface area contributed by atoms with Crippen molar-refractivity contribution in [3.05, 3.63) is 101 Å². The molecule has 0 saturated heterocycles. The highest BCUT2D eigenvalue weighted by Crippen LogP contribution is 2.46. The van der Waals surface area contributed by atoms with Gasteiger partial charge in [0, 0.05) is 16.4 Å². The van der Waals surface area contributed by atoms with Crippen LogP contribution in [0.4, 0.5) is 0 Å². The fourth-order valence-electron chi connectivity index (χ4n) is 4.96. The summed E-state index contributed by atoms with van der Waals surface area (Å²) in [6, 6.07) is 28.0. The van der Waals surface area contributed by atoms with Gasteiger partial charge in [-0.2, -0.15) is 0 Å². The number of benzene rings is 3. The van der Waals surface area contributed by atoms with Crippen molar-refractivity contribution < 1.29 is 9.53 Å². The van der Waals surface area contributed by atoms with E-state index in [1.54, 1.807) is 0 Å². The molecule has 0 bridgehead atoms. The van der Waals surface area contributed by atoms with Crippen LogP contribution >= 0.6 is 0 Å². The van der Waals surface area contributed by atoms with Crippen molar-refractivity contribution in [2.75, 3.05) is 6.61 Å². The lowest BCUT2D eigenvalue weighted by Gasteiger charge is -2.35. The molecule has 3 aromatic rings. The first-order valence-corrected chi connectivity index (χ1v) is 12.1. The largest absolute Gasteiger partial charge is 0.540 e.